The van der Waals surface area contributed by atoms with E-state index in [-0.39, 0.29) is 13.2 Å². The van der Waals surface area contributed by atoms with Crippen LogP contribution in [0.2, 0.25) is 0 Å². The Hall–Kier alpha value is -2.41. The lowest BCUT2D eigenvalue weighted by molar-refractivity contribution is -0.0265. The first kappa shape index (κ1) is 72.8. The molecule has 0 spiro atoms. The minimum Gasteiger partial charge on any atom is -0.394 e. The van der Waals surface area contributed by atoms with Gasteiger partial charge >= 0.3 is 0 Å². The van der Waals surface area contributed by atoms with Gasteiger partial charge in [0.1, 0.15) is 13.2 Å². The van der Waals surface area contributed by atoms with Crippen LogP contribution in [-0.2, 0) is 90.0 Å². The van der Waals surface area contributed by atoms with Crippen molar-refractivity contribution in [2.24, 2.45) is 5.11 Å². The van der Waals surface area contributed by atoms with E-state index in [2.05, 4.69) is 21.9 Å². The van der Waals surface area contributed by atoms with E-state index in [0.717, 1.165) is 6.42 Å². The molecule has 0 rings (SSSR count). The van der Waals surface area contributed by atoms with Gasteiger partial charge < -0.3 is 100 Å². The zero-order chi connectivity index (χ0) is 52.0. The molecule has 0 aromatic carbocycles. The monoisotopic (exact) mass is 1030 g/mol. The number of aliphatic hydroxyl groups excluding tert-OH is 2. The largest absolute Gasteiger partial charge is 0.394 e. The molecule has 24 heteroatoms. The molecular weight excluding hydrogens is 943 g/mol. The van der Waals surface area contributed by atoms with Gasteiger partial charge in [-0.1, -0.05) is 30.3 Å². The summed E-state index contributed by atoms with van der Waals surface area (Å²) in [6.07, 6.45) is 11.1. The van der Waals surface area contributed by atoms with Crippen LogP contribution in [0.1, 0.15) is 13.3 Å². The number of hydrogen-bond donors (Lipinski definition) is 2. The zero-order valence-electron chi connectivity index (χ0n) is 42.8. The van der Waals surface area contributed by atoms with Crippen molar-refractivity contribution in [1.82, 2.24) is 0 Å². The highest BCUT2D eigenvalue weighted by atomic mass is 16.6. The number of nitrogens with zero attached hydrogens (tertiary/aromatic N) is 3. The van der Waals surface area contributed by atoms with E-state index in [0.29, 0.717) is 258 Å². The Balaban J connectivity index is -0.00000117. The smallest absolute Gasteiger partial charge is 0.107 e. The molecule has 24 nitrogen and oxygen atoms in total. The number of rotatable bonds is 59. The van der Waals surface area contributed by atoms with Crippen LogP contribution in [0.3, 0.4) is 0 Å². The van der Waals surface area contributed by atoms with Gasteiger partial charge in [0.2, 0.25) is 0 Å². The van der Waals surface area contributed by atoms with Crippen LogP contribution in [0.4, 0.5) is 0 Å². The molecular formula is C47H91N3O21. The summed E-state index contributed by atoms with van der Waals surface area (Å²) in [5.41, 5.74) is 7.66. The first-order valence-electron chi connectivity index (χ1n) is 24.3. The van der Waals surface area contributed by atoms with Crippen LogP contribution in [0.25, 0.3) is 10.4 Å². The van der Waals surface area contributed by atoms with Gasteiger partial charge in [-0.15, -0.1) is 12.8 Å². The molecule has 0 radical (unpaired) electrons. The van der Waals surface area contributed by atoms with Crippen molar-refractivity contribution in [1.29, 1.82) is 0 Å². The second-order valence-corrected chi connectivity index (χ2v) is 13.3. The van der Waals surface area contributed by atoms with E-state index >= 15 is 0 Å². The topological polar surface area (TPSA) is 265 Å². The third-order valence-electron chi connectivity index (χ3n) is 7.55. The van der Waals surface area contributed by atoms with Crippen LogP contribution in [0.5, 0.6) is 0 Å². The molecule has 0 fully saturated rings. The Morgan fingerprint density at radius 1 is 0.310 bits per heavy atom. The Bertz CT molecular complexity index is 1080. The fraction of sp³-hybridized carbons (Fsp3) is 0.915. The normalized spacial score (nSPS) is 10.8. The van der Waals surface area contributed by atoms with Crippen molar-refractivity contribution in [3.63, 3.8) is 0 Å². The molecule has 0 aromatic heterocycles. The third kappa shape index (κ3) is 81.9. The molecule has 0 saturated carbocycles. The zero-order valence-corrected chi connectivity index (χ0v) is 42.8. The fourth-order valence-electron chi connectivity index (χ4n) is 4.27. The summed E-state index contributed by atoms with van der Waals surface area (Å²) in [7, 11) is 0. The number of azide groups is 1. The standard InChI is InChI=1S/C23H44O11.C21H40O10.C3H7N3/c1-2-4-25-6-8-27-10-12-29-14-16-31-18-20-33-22-23-34-21-19-32-17-15-30-13-11-28-9-7-26-5-3-24;1-2-4-23-6-8-25-10-12-27-14-16-29-18-20-31-21-19-30-17-15-28-13-11-26-9-7-24-5-3-22;1-2-3-5-6-4/h1,24H,3-23H2;1,22H,3-21H2;2-3H2,1H3. The molecule has 0 atom stereocenters. The highest BCUT2D eigenvalue weighted by molar-refractivity contribution is 4.83. The SMILES string of the molecule is C#CCOCCOCCOCCOCCOCCOCCOCCOCCOCCO.C#CCOCCOCCOCCOCCOCCOCCOCCOCCOCCOCCO.CCCN=[N+]=[N-]. The molecule has 0 unspecified atom stereocenters. The average Bonchev–Trinajstić information content (AvgIpc) is 3.38. The molecule has 0 aliphatic carbocycles. The van der Waals surface area contributed by atoms with Crippen LogP contribution in [0, 0.1) is 24.7 Å². The van der Waals surface area contributed by atoms with Gasteiger partial charge in [-0.05, 0) is 5.53 Å². The van der Waals surface area contributed by atoms with Gasteiger partial charge in [0.15, 0.2) is 0 Å². The van der Waals surface area contributed by atoms with Crippen LogP contribution < -0.4 is 0 Å². The summed E-state index contributed by atoms with van der Waals surface area (Å²) in [4.78, 5) is 2.55. The minimum absolute atomic E-state index is 0.0273. The molecule has 71 heavy (non-hydrogen) atoms. The second-order valence-electron chi connectivity index (χ2n) is 13.3. The van der Waals surface area contributed by atoms with Gasteiger partial charge in [0.25, 0.3) is 0 Å². The van der Waals surface area contributed by atoms with Gasteiger partial charge in [0, 0.05) is 11.5 Å². The highest BCUT2D eigenvalue weighted by Gasteiger charge is 1.98. The molecule has 0 saturated heterocycles. The van der Waals surface area contributed by atoms with Crippen LogP contribution in [0.15, 0.2) is 5.11 Å². The van der Waals surface area contributed by atoms with Crippen molar-refractivity contribution in [2.75, 3.05) is 271 Å². The predicted octanol–water partition coefficient (Wildman–Crippen LogP) is 1.25. The van der Waals surface area contributed by atoms with Gasteiger partial charge in [-0.3, -0.25) is 0 Å². The molecule has 0 aliphatic heterocycles. The maximum Gasteiger partial charge on any atom is 0.107 e. The van der Waals surface area contributed by atoms with E-state index in [1.807, 2.05) is 6.92 Å². The van der Waals surface area contributed by atoms with Crippen molar-refractivity contribution in [3.8, 4) is 24.7 Å². The van der Waals surface area contributed by atoms with Crippen molar-refractivity contribution >= 4 is 0 Å². The van der Waals surface area contributed by atoms with Crippen LogP contribution >= 0.6 is 0 Å². The third-order valence-corrected chi connectivity index (χ3v) is 7.55. The van der Waals surface area contributed by atoms with Crippen molar-refractivity contribution in [3.05, 3.63) is 10.4 Å². The number of hydrogen-bond acceptors (Lipinski definition) is 22. The summed E-state index contributed by atoms with van der Waals surface area (Å²) in [5, 5.41) is 20.4. The quantitative estimate of drug-likeness (QED) is 0.0285. The molecule has 0 bridgehead atoms. The lowest BCUT2D eigenvalue weighted by Gasteiger charge is -2.08. The summed E-state index contributed by atoms with van der Waals surface area (Å²) in [6, 6.07) is 0. The van der Waals surface area contributed by atoms with Crippen LogP contribution in [-0.4, -0.2) is 281 Å². The summed E-state index contributed by atoms with van der Waals surface area (Å²) in [6.45, 7) is 21.2. The Labute approximate surface area is 423 Å². The average molecular weight is 1030 g/mol. The second kappa shape index (κ2) is 76.5. The Kier molecular flexibility index (Phi) is 78.5. The first-order valence-corrected chi connectivity index (χ1v) is 24.3. The molecule has 0 heterocycles. The maximum atomic E-state index is 8.55. The number of aliphatic hydroxyl groups is 2. The molecule has 0 aromatic rings. The van der Waals surface area contributed by atoms with Gasteiger partial charge in [0.05, 0.1) is 251 Å². The van der Waals surface area contributed by atoms with Gasteiger partial charge in [-0.25, -0.2) is 0 Å². The minimum atomic E-state index is 0.0273. The molecule has 420 valence electrons. The molecule has 0 aliphatic rings. The first-order chi connectivity index (χ1) is 35.2. The van der Waals surface area contributed by atoms with E-state index in [1.165, 1.54) is 0 Å². The van der Waals surface area contributed by atoms with E-state index < -0.39 is 0 Å². The Morgan fingerprint density at radius 2 is 0.465 bits per heavy atom. The van der Waals surface area contributed by atoms with Crippen molar-refractivity contribution in [2.45, 2.75) is 13.3 Å². The van der Waals surface area contributed by atoms with E-state index in [1.54, 1.807) is 0 Å². The van der Waals surface area contributed by atoms with E-state index in [4.69, 9.17) is 119 Å². The summed E-state index contributed by atoms with van der Waals surface area (Å²) < 4.78 is 101. The summed E-state index contributed by atoms with van der Waals surface area (Å²) in [5.74, 6) is 4.78. The van der Waals surface area contributed by atoms with Gasteiger partial charge in [-0.2, -0.15) is 0 Å². The number of ether oxygens (including phenoxy) is 19. The molecule has 2 N–H and O–H groups in total. The lowest BCUT2D eigenvalue weighted by atomic mass is 10.5. The Morgan fingerprint density at radius 3 is 0.577 bits per heavy atom. The van der Waals surface area contributed by atoms with E-state index in [9.17, 15) is 0 Å². The number of terminal acetylenes is 2. The highest BCUT2D eigenvalue weighted by Crippen LogP contribution is 1.89. The lowest BCUT2D eigenvalue weighted by Crippen LogP contribution is -2.15. The van der Waals surface area contributed by atoms with Crippen molar-refractivity contribution < 1.29 is 100 Å². The summed E-state index contributed by atoms with van der Waals surface area (Å²) >= 11 is 0. The maximum absolute atomic E-state index is 8.55. The fourth-order valence-corrected chi connectivity index (χ4v) is 4.27. The predicted molar refractivity (Wildman–Crippen MR) is 262 cm³/mol. The molecule has 0 amide bonds.